The first kappa shape index (κ1) is 23.9. The van der Waals surface area contributed by atoms with Crippen LogP contribution in [0.15, 0.2) is 0 Å². The third-order valence-electron chi connectivity index (χ3n) is 5.71. The van der Waals surface area contributed by atoms with Crippen molar-refractivity contribution in [3.05, 3.63) is 0 Å². The third-order valence-corrected chi connectivity index (χ3v) is 5.71. The van der Waals surface area contributed by atoms with Gasteiger partial charge in [-0.3, -0.25) is 4.57 Å². The van der Waals surface area contributed by atoms with E-state index in [2.05, 4.69) is 28.8 Å². The van der Waals surface area contributed by atoms with E-state index in [4.69, 9.17) is 19.9 Å². The number of nitrogens with zero attached hydrogens (tertiary/aromatic N) is 5. The second-order valence-electron chi connectivity index (χ2n) is 9.28. The molecule has 3 heterocycles. The molecule has 2 aromatic rings. The lowest BCUT2D eigenvalue weighted by atomic mass is 9.90. The average Bonchev–Trinajstić information content (AvgIpc) is 3.11. The fourth-order valence-electron chi connectivity index (χ4n) is 3.94. The van der Waals surface area contributed by atoms with Crippen molar-refractivity contribution in [1.29, 1.82) is 0 Å². The van der Waals surface area contributed by atoms with Crippen LogP contribution in [0, 0.1) is 5.92 Å². The van der Waals surface area contributed by atoms with Crippen LogP contribution in [0.4, 0.5) is 10.6 Å². The molecule has 0 spiro atoms. The van der Waals surface area contributed by atoms with Crippen molar-refractivity contribution in [2.75, 3.05) is 32.5 Å². The number of amides is 1. The molecule has 1 amide bonds. The van der Waals surface area contributed by atoms with Crippen LogP contribution >= 0.6 is 0 Å². The summed E-state index contributed by atoms with van der Waals surface area (Å²) in [4.78, 5) is 27.5. The number of unbranched alkanes of at least 4 members (excludes halogenated alkanes) is 1. The molecule has 2 N–H and O–H groups in total. The molecule has 0 aliphatic carbocycles. The Hall–Kier alpha value is -2.78. The molecule has 32 heavy (non-hydrogen) atoms. The van der Waals surface area contributed by atoms with Crippen molar-refractivity contribution in [2.45, 2.75) is 71.9 Å². The van der Waals surface area contributed by atoms with E-state index < -0.39 is 5.60 Å². The molecule has 1 fully saturated rings. The van der Waals surface area contributed by atoms with Crippen molar-refractivity contribution in [3.63, 3.8) is 0 Å². The lowest BCUT2D eigenvalue weighted by Gasteiger charge is -2.36. The van der Waals surface area contributed by atoms with Crippen LogP contribution in [-0.4, -0.2) is 62.9 Å². The van der Waals surface area contributed by atoms with E-state index in [1.54, 1.807) is 12.0 Å². The summed E-state index contributed by atoms with van der Waals surface area (Å²) in [7, 11) is 1.58. The molecular weight excluding hydrogens is 412 g/mol. The molecule has 178 valence electrons. The topological polar surface area (TPSA) is 118 Å². The summed E-state index contributed by atoms with van der Waals surface area (Å²) >= 11 is 0. The smallest absolute Gasteiger partial charge is 0.410 e. The minimum atomic E-state index is -0.499. The maximum Gasteiger partial charge on any atom is 0.410 e. The number of rotatable bonds is 7. The Morgan fingerprint density at radius 2 is 1.91 bits per heavy atom. The zero-order valence-electron chi connectivity index (χ0n) is 20.1. The van der Waals surface area contributed by atoms with Crippen molar-refractivity contribution >= 4 is 23.1 Å². The first-order valence-electron chi connectivity index (χ1n) is 11.3. The summed E-state index contributed by atoms with van der Waals surface area (Å²) in [6.45, 7) is 11.7. The molecule has 2 aromatic heterocycles. The number of imidazole rings is 1. The van der Waals surface area contributed by atoms with Crippen LogP contribution in [0.1, 0.15) is 66.3 Å². The summed E-state index contributed by atoms with van der Waals surface area (Å²) < 4.78 is 18.7. The monoisotopic (exact) mass is 448 g/mol. The van der Waals surface area contributed by atoms with Gasteiger partial charge >= 0.3 is 12.1 Å². The van der Waals surface area contributed by atoms with Gasteiger partial charge in [-0.1, -0.05) is 13.3 Å². The van der Waals surface area contributed by atoms with Gasteiger partial charge in [-0.25, -0.2) is 4.79 Å². The van der Waals surface area contributed by atoms with E-state index in [0.29, 0.717) is 42.8 Å². The highest BCUT2D eigenvalue weighted by atomic mass is 16.6. The Morgan fingerprint density at radius 3 is 2.50 bits per heavy atom. The van der Waals surface area contributed by atoms with Crippen LogP contribution < -0.4 is 15.2 Å². The minimum Gasteiger partial charge on any atom is -0.468 e. The third kappa shape index (κ3) is 5.34. The Morgan fingerprint density at radius 1 is 1.22 bits per heavy atom. The van der Waals surface area contributed by atoms with E-state index in [0.717, 1.165) is 25.7 Å². The first-order chi connectivity index (χ1) is 15.1. The van der Waals surface area contributed by atoms with Crippen molar-refractivity contribution < 1.29 is 19.0 Å². The minimum absolute atomic E-state index is 0.0357. The maximum absolute atomic E-state index is 12.4. The predicted octanol–water partition coefficient (Wildman–Crippen LogP) is 3.80. The molecule has 0 saturated carbocycles. The van der Waals surface area contributed by atoms with Crippen molar-refractivity contribution in [2.24, 2.45) is 5.92 Å². The van der Waals surface area contributed by atoms with Crippen LogP contribution in [0.5, 0.6) is 12.0 Å². The summed E-state index contributed by atoms with van der Waals surface area (Å²) in [5, 5.41) is 0. The molecule has 1 atom stereocenters. The molecule has 0 aromatic carbocycles. The molecule has 0 bridgehead atoms. The summed E-state index contributed by atoms with van der Waals surface area (Å²) in [5.74, 6) is 0.575. The number of methoxy groups -OCH3 is 1. The van der Waals surface area contributed by atoms with Gasteiger partial charge in [0.1, 0.15) is 5.60 Å². The van der Waals surface area contributed by atoms with E-state index in [9.17, 15) is 4.79 Å². The number of nitrogens with two attached hydrogens (primary N) is 1. The molecule has 0 radical (unpaired) electrons. The second-order valence-corrected chi connectivity index (χ2v) is 9.28. The van der Waals surface area contributed by atoms with Crippen LogP contribution in [0.2, 0.25) is 0 Å². The number of anilines is 1. The Kier molecular flexibility index (Phi) is 7.30. The first-order valence-corrected chi connectivity index (χ1v) is 11.3. The van der Waals surface area contributed by atoms with Crippen LogP contribution in [0.3, 0.4) is 0 Å². The fraction of sp³-hybridized carbons (Fsp3) is 0.727. The summed E-state index contributed by atoms with van der Waals surface area (Å²) in [6.07, 6.45) is 3.34. The molecule has 3 rings (SSSR count). The van der Waals surface area contributed by atoms with Gasteiger partial charge in [0.2, 0.25) is 0 Å². The molecular formula is C22H36N6O4. The van der Waals surface area contributed by atoms with Gasteiger partial charge < -0.3 is 24.8 Å². The normalized spacial score (nSPS) is 16.2. The van der Waals surface area contributed by atoms with E-state index >= 15 is 0 Å². The largest absolute Gasteiger partial charge is 0.468 e. The number of ether oxygens (including phenoxy) is 3. The standard InChI is InChI=1S/C22H36N6O4/c1-7-8-13-31-19-25-17(23)16-18(26-19)28(20(24-16)30-6)14(2)15-9-11-27(12-10-15)21(29)32-22(3,4)5/h14-15H,7-13H2,1-6H3,(H2,23,25,26). The van der Waals surface area contributed by atoms with Gasteiger partial charge in [-0.15, -0.1) is 0 Å². The number of aromatic nitrogens is 4. The number of fused-ring (bicyclic) bond motifs is 1. The quantitative estimate of drug-likeness (QED) is 0.636. The number of piperidine rings is 1. The fourth-order valence-corrected chi connectivity index (χ4v) is 3.94. The second kappa shape index (κ2) is 9.79. The molecule has 1 saturated heterocycles. The number of hydrogen-bond acceptors (Lipinski definition) is 8. The highest BCUT2D eigenvalue weighted by Crippen LogP contribution is 2.36. The lowest BCUT2D eigenvalue weighted by Crippen LogP contribution is -2.42. The van der Waals surface area contributed by atoms with Gasteiger partial charge in [0.05, 0.1) is 13.7 Å². The number of nitrogen functional groups attached to an aromatic ring is 1. The maximum atomic E-state index is 12.4. The van der Waals surface area contributed by atoms with Gasteiger partial charge in [0.15, 0.2) is 17.0 Å². The van der Waals surface area contributed by atoms with Gasteiger partial charge in [-0.05, 0) is 52.9 Å². The van der Waals surface area contributed by atoms with Crippen molar-refractivity contribution in [1.82, 2.24) is 24.4 Å². The zero-order valence-corrected chi connectivity index (χ0v) is 20.1. The van der Waals surface area contributed by atoms with Gasteiger partial charge in [0.25, 0.3) is 6.01 Å². The Balaban J connectivity index is 1.80. The van der Waals surface area contributed by atoms with Gasteiger partial charge in [-0.2, -0.15) is 15.0 Å². The van der Waals surface area contributed by atoms with Crippen LogP contribution in [-0.2, 0) is 4.74 Å². The number of likely N-dealkylation sites (tertiary alicyclic amines) is 1. The molecule has 1 aliphatic heterocycles. The SMILES string of the molecule is CCCCOc1nc(N)c2nc(OC)n(C(C)C3CCN(C(=O)OC(C)(C)C)CC3)c2n1. The molecule has 10 nitrogen and oxygen atoms in total. The van der Waals surface area contributed by atoms with E-state index in [-0.39, 0.29) is 24.0 Å². The Bertz CT molecular complexity index is 931. The highest BCUT2D eigenvalue weighted by molar-refractivity contribution is 5.83. The molecule has 1 unspecified atom stereocenters. The summed E-state index contributed by atoms with van der Waals surface area (Å²) in [6, 6.07) is 0.724. The number of carbonyl (C=O) groups excluding carboxylic acids is 1. The Labute approximate surface area is 189 Å². The van der Waals surface area contributed by atoms with Gasteiger partial charge in [0, 0.05) is 19.1 Å². The van der Waals surface area contributed by atoms with E-state index in [1.165, 1.54) is 0 Å². The average molecular weight is 449 g/mol. The molecule has 10 heteroatoms. The number of carbonyl (C=O) groups is 1. The summed E-state index contributed by atoms with van der Waals surface area (Å²) in [5.41, 5.74) is 6.76. The van der Waals surface area contributed by atoms with E-state index in [1.807, 2.05) is 25.3 Å². The molecule has 1 aliphatic rings. The van der Waals surface area contributed by atoms with Crippen LogP contribution in [0.25, 0.3) is 11.2 Å². The zero-order chi connectivity index (χ0) is 23.5. The predicted molar refractivity (Wildman–Crippen MR) is 122 cm³/mol. The lowest BCUT2D eigenvalue weighted by molar-refractivity contribution is 0.0164. The number of hydrogen-bond donors (Lipinski definition) is 1. The van der Waals surface area contributed by atoms with Crippen molar-refractivity contribution in [3.8, 4) is 12.0 Å². The highest BCUT2D eigenvalue weighted by Gasteiger charge is 2.32.